The van der Waals surface area contributed by atoms with Gasteiger partial charge in [0.1, 0.15) is 17.3 Å². The van der Waals surface area contributed by atoms with E-state index in [1.807, 2.05) is 42.1 Å². The van der Waals surface area contributed by atoms with Crippen LogP contribution in [0.3, 0.4) is 0 Å². The third-order valence-corrected chi connectivity index (χ3v) is 9.28. The van der Waals surface area contributed by atoms with Crippen LogP contribution in [0.25, 0.3) is 5.65 Å². The number of pyridine rings is 1. The molecule has 1 aromatic carbocycles. The van der Waals surface area contributed by atoms with Gasteiger partial charge in [-0.1, -0.05) is 43.0 Å². The monoisotopic (exact) mass is 570 g/mol. The summed E-state index contributed by atoms with van der Waals surface area (Å²) in [4.78, 5) is 18.2. The summed E-state index contributed by atoms with van der Waals surface area (Å²) in [6, 6.07) is 12.1. The smallest absolute Gasteiger partial charge is 0.259 e. The van der Waals surface area contributed by atoms with Crippen molar-refractivity contribution in [3.63, 3.8) is 0 Å². The van der Waals surface area contributed by atoms with E-state index in [0.717, 1.165) is 42.6 Å². The number of amides is 1. The molecule has 10 heteroatoms. The number of halogens is 1. The molecule has 0 saturated heterocycles. The maximum atomic E-state index is 13.7. The lowest BCUT2D eigenvalue weighted by molar-refractivity contribution is 0.102. The number of aromatic nitrogens is 5. The molecule has 41 heavy (non-hydrogen) atoms. The normalized spacial score (nSPS) is 21.8. The number of aryl methyl sites for hydroxylation is 1. The van der Waals surface area contributed by atoms with Gasteiger partial charge in [0, 0.05) is 37.4 Å². The summed E-state index contributed by atoms with van der Waals surface area (Å²) in [7, 11) is 1.94. The van der Waals surface area contributed by atoms with Crippen LogP contribution < -0.4 is 10.6 Å². The fourth-order valence-corrected chi connectivity index (χ4v) is 6.94. The zero-order valence-corrected chi connectivity index (χ0v) is 24.3. The Kier molecular flexibility index (Phi) is 7.30. The van der Waals surface area contributed by atoms with E-state index < -0.39 is 0 Å². The summed E-state index contributed by atoms with van der Waals surface area (Å²) in [6.07, 6.45) is 13.4. The van der Waals surface area contributed by atoms with Crippen molar-refractivity contribution in [3.05, 3.63) is 76.7 Å². The van der Waals surface area contributed by atoms with Crippen LogP contribution in [0.1, 0.15) is 85.6 Å². The number of imidazole rings is 1. The van der Waals surface area contributed by atoms with Crippen molar-refractivity contribution in [1.82, 2.24) is 29.5 Å². The molecule has 2 aliphatic rings. The Labute approximate surface area is 244 Å². The zero-order chi connectivity index (χ0) is 28.6. The number of hydrogen-bond acceptors (Lipinski definition) is 6. The van der Waals surface area contributed by atoms with E-state index in [-0.39, 0.29) is 16.9 Å². The van der Waals surface area contributed by atoms with E-state index in [0.29, 0.717) is 40.9 Å². The van der Waals surface area contributed by atoms with E-state index in [9.17, 15) is 10.1 Å². The van der Waals surface area contributed by atoms with Crippen molar-refractivity contribution in [2.45, 2.75) is 75.8 Å². The molecule has 2 fully saturated rings. The maximum Gasteiger partial charge on any atom is 0.259 e. The first-order chi connectivity index (χ1) is 19.8. The van der Waals surface area contributed by atoms with Crippen molar-refractivity contribution >= 4 is 28.8 Å². The minimum atomic E-state index is -0.349. The molecule has 0 radical (unpaired) electrons. The highest BCUT2D eigenvalue weighted by Gasteiger charge is 2.49. The van der Waals surface area contributed by atoms with Crippen molar-refractivity contribution in [3.8, 4) is 6.07 Å². The van der Waals surface area contributed by atoms with Gasteiger partial charge in [-0.05, 0) is 67.9 Å². The first-order valence-electron chi connectivity index (χ1n) is 14.3. The quantitative estimate of drug-likeness (QED) is 0.277. The van der Waals surface area contributed by atoms with Gasteiger partial charge >= 0.3 is 0 Å². The highest BCUT2D eigenvalue weighted by Crippen LogP contribution is 2.53. The summed E-state index contributed by atoms with van der Waals surface area (Å²) >= 11 is 6.46. The molecule has 0 spiro atoms. The molecule has 1 amide bonds. The lowest BCUT2D eigenvalue weighted by Gasteiger charge is -2.46. The molecule has 6 rings (SSSR count). The minimum absolute atomic E-state index is 0.0985. The summed E-state index contributed by atoms with van der Waals surface area (Å²) in [5, 5.41) is 25.1. The fourth-order valence-electron chi connectivity index (χ4n) is 6.76. The Balaban J connectivity index is 1.27. The van der Waals surface area contributed by atoms with Gasteiger partial charge in [-0.3, -0.25) is 9.20 Å². The van der Waals surface area contributed by atoms with Crippen LogP contribution in [-0.2, 0) is 19.0 Å². The van der Waals surface area contributed by atoms with Gasteiger partial charge in [0.15, 0.2) is 5.65 Å². The predicted octanol–water partition coefficient (Wildman–Crippen LogP) is 5.79. The number of nitrogens with zero attached hydrogens (tertiary/aromatic N) is 6. The van der Waals surface area contributed by atoms with Gasteiger partial charge < -0.3 is 15.2 Å². The van der Waals surface area contributed by atoms with Gasteiger partial charge in [0.25, 0.3) is 5.91 Å². The summed E-state index contributed by atoms with van der Waals surface area (Å²) in [6.45, 7) is 2.93. The number of carbonyl (C=O) groups is 1. The van der Waals surface area contributed by atoms with Crippen LogP contribution in [0.2, 0.25) is 5.15 Å². The van der Waals surface area contributed by atoms with Crippen LogP contribution >= 0.6 is 11.6 Å². The molecule has 2 saturated carbocycles. The SMILES string of the molecule is Cn1cnnc1[C@]1(c2cccc(NC(=O)c3cc(CNC4(C)CCCCC4)cn4c(Cl)cnc34)c2)C[C@H](CC#N)C1. The molecule has 212 valence electrons. The third-order valence-electron chi connectivity index (χ3n) is 9.00. The first kappa shape index (κ1) is 27.4. The second kappa shape index (κ2) is 10.9. The average Bonchev–Trinajstić information content (AvgIpc) is 3.55. The first-order valence-corrected chi connectivity index (χ1v) is 14.7. The fraction of sp³-hybridized carbons (Fsp3) is 0.452. The van der Waals surface area contributed by atoms with E-state index in [1.165, 1.54) is 19.3 Å². The number of benzene rings is 1. The maximum absolute atomic E-state index is 13.7. The molecule has 0 atom stereocenters. The molecular formula is C31H35ClN8O. The second-order valence-electron chi connectivity index (χ2n) is 12.0. The second-order valence-corrected chi connectivity index (χ2v) is 12.4. The number of carbonyl (C=O) groups excluding carboxylic acids is 1. The van der Waals surface area contributed by atoms with Crippen LogP contribution in [0, 0.1) is 17.2 Å². The number of rotatable bonds is 8. The molecule has 9 nitrogen and oxygen atoms in total. The standard InChI is InChI=1S/C31H35ClN8O/c1-30(10-4-3-5-11-30)35-17-22-13-25(27-34-18-26(32)40(27)19-22)28(41)37-24-8-6-7-23(14-24)31(15-21(16-31)9-12-33)29-38-36-20-39(29)2/h6-8,13-14,18-21,35H,3-5,9-11,15-17H2,1-2H3,(H,37,41)/t21-,31+. The van der Waals surface area contributed by atoms with Crippen molar-refractivity contribution in [1.29, 1.82) is 5.26 Å². The van der Waals surface area contributed by atoms with Gasteiger partial charge in [-0.25, -0.2) is 4.98 Å². The van der Waals surface area contributed by atoms with E-state index >= 15 is 0 Å². The lowest BCUT2D eigenvalue weighted by Crippen LogP contribution is -2.44. The van der Waals surface area contributed by atoms with Crippen LogP contribution in [0.15, 0.2) is 49.1 Å². The van der Waals surface area contributed by atoms with Crippen molar-refractivity contribution < 1.29 is 4.79 Å². The third kappa shape index (κ3) is 5.22. The van der Waals surface area contributed by atoms with Crippen LogP contribution in [-0.4, -0.2) is 35.6 Å². The highest BCUT2D eigenvalue weighted by molar-refractivity contribution is 6.30. The molecule has 2 aliphatic carbocycles. The molecule has 0 unspecified atom stereocenters. The molecule has 3 heterocycles. The largest absolute Gasteiger partial charge is 0.322 e. The number of nitrogens with one attached hydrogen (secondary N) is 2. The van der Waals surface area contributed by atoms with E-state index in [4.69, 9.17) is 11.6 Å². The van der Waals surface area contributed by atoms with Gasteiger partial charge in [-0.2, -0.15) is 5.26 Å². The van der Waals surface area contributed by atoms with Gasteiger partial charge in [-0.15, -0.1) is 10.2 Å². The number of hydrogen-bond donors (Lipinski definition) is 2. The Morgan fingerprint density at radius 1 is 1.22 bits per heavy atom. The number of fused-ring (bicyclic) bond motifs is 1. The van der Waals surface area contributed by atoms with E-state index in [1.54, 1.807) is 16.9 Å². The molecule has 0 aliphatic heterocycles. The molecule has 0 bridgehead atoms. The minimum Gasteiger partial charge on any atom is -0.322 e. The molecule has 4 aromatic rings. The van der Waals surface area contributed by atoms with Crippen molar-refractivity contribution in [2.75, 3.05) is 5.32 Å². The Hall–Kier alpha value is -3.74. The zero-order valence-electron chi connectivity index (χ0n) is 23.5. The Morgan fingerprint density at radius 3 is 2.76 bits per heavy atom. The summed E-state index contributed by atoms with van der Waals surface area (Å²) < 4.78 is 3.72. The predicted molar refractivity (Wildman–Crippen MR) is 158 cm³/mol. The molecular weight excluding hydrogens is 536 g/mol. The average molecular weight is 571 g/mol. The lowest BCUT2D eigenvalue weighted by atomic mass is 9.57. The van der Waals surface area contributed by atoms with Gasteiger partial charge in [0.05, 0.1) is 23.2 Å². The van der Waals surface area contributed by atoms with Crippen molar-refractivity contribution in [2.24, 2.45) is 13.0 Å². The van der Waals surface area contributed by atoms with Crippen LogP contribution in [0.4, 0.5) is 5.69 Å². The molecule has 2 N–H and O–H groups in total. The van der Waals surface area contributed by atoms with Crippen LogP contribution in [0.5, 0.6) is 0 Å². The summed E-state index contributed by atoms with van der Waals surface area (Å²) in [5.74, 6) is 0.931. The van der Waals surface area contributed by atoms with E-state index in [2.05, 4.69) is 44.9 Å². The highest BCUT2D eigenvalue weighted by atomic mass is 35.5. The summed E-state index contributed by atoms with van der Waals surface area (Å²) in [5.41, 5.74) is 3.45. The number of nitriles is 1. The van der Waals surface area contributed by atoms with Gasteiger partial charge in [0.2, 0.25) is 0 Å². The Morgan fingerprint density at radius 2 is 2.02 bits per heavy atom. The Bertz CT molecular complexity index is 1620. The number of anilines is 1. The molecule has 3 aromatic heterocycles. The topological polar surface area (TPSA) is 113 Å².